The highest BCUT2D eigenvalue weighted by molar-refractivity contribution is 5.97. The van der Waals surface area contributed by atoms with Crippen LogP contribution in [0, 0.1) is 12.3 Å². The Bertz CT molecular complexity index is 486. The molecule has 0 spiro atoms. The molecule has 0 aromatic heterocycles. The minimum atomic E-state index is -0.271. The summed E-state index contributed by atoms with van der Waals surface area (Å²) in [5.41, 5.74) is 0.728. The van der Waals surface area contributed by atoms with E-state index in [2.05, 4.69) is 5.32 Å². The molecule has 19 heavy (non-hydrogen) atoms. The number of carbonyl (C=O) groups excluding carboxylic acids is 1. The number of carbonyl (C=O) groups is 1. The Morgan fingerprint density at radius 1 is 1.53 bits per heavy atom. The predicted octanol–water partition coefficient (Wildman–Crippen LogP) is 1.98. The number of aliphatic hydroxyl groups excluding tert-OH is 1. The van der Waals surface area contributed by atoms with Crippen LogP contribution in [0.15, 0.2) is 18.2 Å². The maximum absolute atomic E-state index is 12.2. The summed E-state index contributed by atoms with van der Waals surface area (Å²) < 4.78 is 0. The first-order valence-electron chi connectivity index (χ1n) is 6.68. The van der Waals surface area contributed by atoms with Crippen LogP contribution < -0.4 is 5.32 Å². The lowest BCUT2D eigenvalue weighted by atomic mass is 9.85. The number of benzene rings is 1. The Labute approximate surface area is 113 Å². The molecule has 0 bridgehead atoms. The van der Waals surface area contributed by atoms with E-state index in [-0.39, 0.29) is 29.7 Å². The van der Waals surface area contributed by atoms with Gasteiger partial charge in [-0.05, 0) is 31.4 Å². The zero-order valence-electron chi connectivity index (χ0n) is 11.4. The van der Waals surface area contributed by atoms with Crippen molar-refractivity contribution >= 4 is 5.91 Å². The summed E-state index contributed by atoms with van der Waals surface area (Å²) in [7, 11) is 0. The zero-order valence-corrected chi connectivity index (χ0v) is 11.4. The van der Waals surface area contributed by atoms with Gasteiger partial charge in [0, 0.05) is 11.5 Å². The van der Waals surface area contributed by atoms with Crippen LogP contribution in [-0.2, 0) is 0 Å². The van der Waals surface area contributed by atoms with Crippen LogP contribution in [0.5, 0.6) is 5.75 Å². The second kappa shape index (κ2) is 5.21. The first kappa shape index (κ1) is 13.9. The fourth-order valence-electron chi connectivity index (χ4n) is 2.75. The molecule has 1 aliphatic carbocycles. The average molecular weight is 263 g/mol. The Kier molecular flexibility index (Phi) is 3.80. The van der Waals surface area contributed by atoms with Gasteiger partial charge in [-0.25, -0.2) is 0 Å². The van der Waals surface area contributed by atoms with Crippen LogP contribution in [0.25, 0.3) is 0 Å². The SMILES string of the molecule is Cc1cccc(C(=O)NC2CCCC2(C)CO)c1O. The minimum Gasteiger partial charge on any atom is -0.507 e. The molecule has 3 N–H and O–H groups in total. The number of aliphatic hydroxyl groups is 1. The minimum absolute atomic E-state index is 0.0312. The van der Waals surface area contributed by atoms with E-state index < -0.39 is 0 Å². The van der Waals surface area contributed by atoms with E-state index in [0.29, 0.717) is 11.1 Å². The van der Waals surface area contributed by atoms with Gasteiger partial charge in [0.1, 0.15) is 5.75 Å². The molecule has 1 aliphatic rings. The molecule has 0 heterocycles. The third-order valence-electron chi connectivity index (χ3n) is 4.23. The third kappa shape index (κ3) is 2.59. The molecule has 2 atom stereocenters. The van der Waals surface area contributed by atoms with Gasteiger partial charge in [-0.1, -0.05) is 25.5 Å². The quantitative estimate of drug-likeness (QED) is 0.781. The van der Waals surface area contributed by atoms with Crippen LogP contribution in [-0.4, -0.2) is 28.8 Å². The van der Waals surface area contributed by atoms with Crippen LogP contribution >= 0.6 is 0 Å². The molecule has 1 amide bonds. The van der Waals surface area contributed by atoms with Gasteiger partial charge in [0.15, 0.2) is 0 Å². The molecule has 0 aliphatic heterocycles. The van der Waals surface area contributed by atoms with Crippen LogP contribution in [0.4, 0.5) is 0 Å². The molecule has 4 heteroatoms. The van der Waals surface area contributed by atoms with Gasteiger partial charge in [-0.3, -0.25) is 4.79 Å². The van der Waals surface area contributed by atoms with Crippen molar-refractivity contribution in [2.45, 2.75) is 39.2 Å². The normalized spacial score (nSPS) is 26.4. The number of para-hydroxylation sites is 1. The van der Waals surface area contributed by atoms with E-state index in [9.17, 15) is 15.0 Å². The second-order valence-corrected chi connectivity index (χ2v) is 5.70. The first-order chi connectivity index (χ1) is 8.98. The summed E-state index contributed by atoms with van der Waals surface area (Å²) in [5, 5.41) is 22.3. The van der Waals surface area contributed by atoms with Crippen LogP contribution in [0.3, 0.4) is 0 Å². The van der Waals surface area contributed by atoms with Crippen molar-refractivity contribution in [1.29, 1.82) is 0 Å². The number of amides is 1. The van der Waals surface area contributed by atoms with Crippen molar-refractivity contribution < 1.29 is 15.0 Å². The summed E-state index contributed by atoms with van der Waals surface area (Å²) in [6.45, 7) is 3.82. The van der Waals surface area contributed by atoms with E-state index in [1.807, 2.05) is 6.92 Å². The van der Waals surface area contributed by atoms with Crippen molar-refractivity contribution in [3.8, 4) is 5.75 Å². The molecule has 4 nitrogen and oxygen atoms in total. The topological polar surface area (TPSA) is 69.6 Å². The summed E-state index contributed by atoms with van der Waals surface area (Å²) in [6, 6.07) is 5.09. The summed E-state index contributed by atoms with van der Waals surface area (Å²) in [4.78, 5) is 12.2. The molecule has 2 unspecified atom stereocenters. The summed E-state index contributed by atoms with van der Waals surface area (Å²) in [6.07, 6.45) is 2.78. The van der Waals surface area contributed by atoms with Gasteiger partial charge in [-0.2, -0.15) is 0 Å². The lowest BCUT2D eigenvalue weighted by Crippen LogP contribution is -2.44. The molecule has 1 aromatic rings. The fraction of sp³-hybridized carbons (Fsp3) is 0.533. The van der Waals surface area contributed by atoms with Crippen molar-refractivity contribution in [1.82, 2.24) is 5.32 Å². The van der Waals surface area contributed by atoms with E-state index in [1.165, 1.54) is 0 Å². The van der Waals surface area contributed by atoms with Gasteiger partial charge >= 0.3 is 0 Å². The van der Waals surface area contributed by atoms with Crippen molar-refractivity contribution in [2.24, 2.45) is 5.41 Å². The van der Waals surface area contributed by atoms with Crippen molar-refractivity contribution in [3.05, 3.63) is 29.3 Å². The molecule has 1 fully saturated rings. The summed E-state index contributed by atoms with van der Waals surface area (Å²) in [5.74, 6) is -0.239. The van der Waals surface area contributed by atoms with Crippen LogP contribution in [0.1, 0.15) is 42.1 Å². The Morgan fingerprint density at radius 3 is 2.95 bits per heavy atom. The highest BCUT2D eigenvalue weighted by Crippen LogP contribution is 2.37. The van der Waals surface area contributed by atoms with E-state index in [1.54, 1.807) is 25.1 Å². The number of nitrogens with one attached hydrogen (secondary N) is 1. The molecule has 0 saturated heterocycles. The number of aryl methyl sites for hydroxylation is 1. The highest BCUT2D eigenvalue weighted by Gasteiger charge is 2.39. The average Bonchev–Trinajstić information content (AvgIpc) is 2.75. The van der Waals surface area contributed by atoms with Gasteiger partial charge in [-0.15, -0.1) is 0 Å². The number of rotatable bonds is 3. The maximum Gasteiger partial charge on any atom is 0.255 e. The zero-order chi connectivity index (χ0) is 14.0. The van der Waals surface area contributed by atoms with Gasteiger partial charge in [0.2, 0.25) is 0 Å². The van der Waals surface area contributed by atoms with E-state index in [0.717, 1.165) is 19.3 Å². The Morgan fingerprint density at radius 2 is 2.26 bits per heavy atom. The highest BCUT2D eigenvalue weighted by atomic mass is 16.3. The summed E-state index contributed by atoms with van der Waals surface area (Å²) >= 11 is 0. The Balaban J connectivity index is 2.15. The molecular formula is C15H21NO3. The van der Waals surface area contributed by atoms with Crippen molar-refractivity contribution in [2.75, 3.05) is 6.61 Å². The predicted molar refractivity (Wildman–Crippen MR) is 73.1 cm³/mol. The third-order valence-corrected chi connectivity index (χ3v) is 4.23. The monoisotopic (exact) mass is 263 g/mol. The molecule has 1 aromatic carbocycles. The van der Waals surface area contributed by atoms with Gasteiger partial charge in [0.05, 0.1) is 12.2 Å². The number of hydrogen-bond donors (Lipinski definition) is 3. The van der Waals surface area contributed by atoms with E-state index >= 15 is 0 Å². The smallest absolute Gasteiger partial charge is 0.255 e. The second-order valence-electron chi connectivity index (χ2n) is 5.70. The fourth-order valence-corrected chi connectivity index (χ4v) is 2.75. The standard InChI is InChI=1S/C15H21NO3/c1-10-5-3-6-11(13(10)18)14(19)16-12-7-4-8-15(12,2)9-17/h3,5-6,12,17-18H,4,7-9H2,1-2H3,(H,16,19). The first-order valence-corrected chi connectivity index (χ1v) is 6.68. The van der Waals surface area contributed by atoms with Gasteiger partial charge in [0.25, 0.3) is 5.91 Å². The number of phenols is 1. The van der Waals surface area contributed by atoms with E-state index in [4.69, 9.17) is 0 Å². The molecular weight excluding hydrogens is 242 g/mol. The van der Waals surface area contributed by atoms with Gasteiger partial charge < -0.3 is 15.5 Å². The Hall–Kier alpha value is -1.55. The van der Waals surface area contributed by atoms with Crippen LogP contribution in [0.2, 0.25) is 0 Å². The molecule has 0 radical (unpaired) electrons. The lowest BCUT2D eigenvalue weighted by molar-refractivity contribution is 0.0828. The van der Waals surface area contributed by atoms with Crippen molar-refractivity contribution in [3.63, 3.8) is 0 Å². The molecule has 2 rings (SSSR count). The number of hydrogen-bond acceptors (Lipinski definition) is 3. The number of phenolic OH excluding ortho intramolecular Hbond substituents is 1. The lowest BCUT2D eigenvalue weighted by Gasteiger charge is -2.30. The number of aromatic hydroxyl groups is 1. The largest absolute Gasteiger partial charge is 0.507 e. The molecule has 104 valence electrons. The maximum atomic E-state index is 12.2. The molecule has 1 saturated carbocycles.